The molecule has 15 heavy (non-hydrogen) atoms. The summed E-state index contributed by atoms with van der Waals surface area (Å²) in [5, 5.41) is 9.68. The lowest BCUT2D eigenvalue weighted by Gasteiger charge is -2.04. The van der Waals surface area contributed by atoms with Crippen molar-refractivity contribution in [2.75, 3.05) is 0 Å². The zero-order chi connectivity index (χ0) is 10.8. The van der Waals surface area contributed by atoms with E-state index in [0.29, 0.717) is 0 Å². The van der Waals surface area contributed by atoms with Gasteiger partial charge in [-0.3, -0.25) is 0 Å². The molecule has 2 rings (SSSR count). The number of aliphatic hydroxyl groups excluding tert-OH is 1. The van der Waals surface area contributed by atoms with Gasteiger partial charge in [0.15, 0.2) is 0 Å². The maximum absolute atomic E-state index is 13.3. The highest BCUT2D eigenvalue weighted by molar-refractivity contribution is 5.70. The molecule has 0 unspecified atom stereocenters. The van der Waals surface area contributed by atoms with Crippen molar-refractivity contribution < 1.29 is 13.9 Å². The van der Waals surface area contributed by atoms with Gasteiger partial charge in [-0.1, -0.05) is 18.2 Å². The molecular formula is C12H8F2O. The number of aliphatic hydroxyl groups is 1. The summed E-state index contributed by atoms with van der Waals surface area (Å²) in [4.78, 5) is 0. The normalized spacial score (nSPS) is 17.9. The summed E-state index contributed by atoms with van der Waals surface area (Å²) in [7, 11) is 0. The fraction of sp³-hybridized carbons (Fsp3) is 0. The van der Waals surface area contributed by atoms with E-state index in [9.17, 15) is 13.9 Å². The van der Waals surface area contributed by atoms with Gasteiger partial charge in [0.25, 0.3) is 0 Å². The molecule has 0 spiro atoms. The van der Waals surface area contributed by atoms with Crippen LogP contribution in [0.3, 0.4) is 0 Å². The van der Waals surface area contributed by atoms with E-state index >= 15 is 0 Å². The molecule has 1 aromatic carbocycles. The zero-order valence-electron chi connectivity index (χ0n) is 7.74. The van der Waals surface area contributed by atoms with Crippen LogP contribution in [0.15, 0.2) is 53.9 Å². The van der Waals surface area contributed by atoms with E-state index in [2.05, 4.69) is 0 Å². The number of halogens is 2. The summed E-state index contributed by atoms with van der Waals surface area (Å²) in [6.07, 6.45) is 4.07. The van der Waals surface area contributed by atoms with Crippen molar-refractivity contribution in [1.82, 2.24) is 0 Å². The lowest BCUT2D eigenvalue weighted by atomic mass is 10.1. The minimum Gasteiger partial charge on any atom is -0.506 e. The first kappa shape index (κ1) is 9.65. The Labute approximate surface area is 85.7 Å². The topological polar surface area (TPSA) is 20.2 Å². The van der Waals surface area contributed by atoms with Gasteiger partial charge in [-0.25, -0.2) is 8.78 Å². The Morgan fingerprint density at radius 3 is 2.47 bits per heavy atom. The van der Waals surface area contributed by atoms with Crippen molar-refractivity contribution in [3.05, 3.63) is 65.3 Å². The van der Waals surface area contributed by atoms with Crippen LogP contribution >= 0.6 is 0 Å². The molecule has 1 aromatic rings. The van der Waals surface area contributed by atoms with Crippen LogP contribution in [-0.4, -0.2) is 5.11 Å². The molecule has 0 aromatic heterocycles. The molecule has 0 saturated carbocycles. The first-order valence-electron chi connectivity index (χ1n) is 4.42. The fourth-order valence-electron chi connectivity index (χ4n) is 1.39. The molecule has 1 N–H and O–H groups in total. The predicted molar refractivity (Wildman–Crippen MR) is 54.3 cm³/mol. The van der Waals surface area contributed by atoms with Crippen LogP contribution in [-0.2, 0) is 0 Å². The van der Waals surface area contributed by atoms with Crippen LogP contribution in [0.25, 0.3) is 5.76 Å². The fourth-order valence-corrected chi connectivity index (χ4v) is 1.39. The molecule has 76 valence electrons. The molecule has 0 bridgehead atoms. The molecule has 0 heterocycles. The minimum atomic E-state index is -0.574. The highest BCUT2D eigenvalue weighted by Gasteiger charge is 2.15. The van der Waals surface area contributed by atoms with E-state index in [-0.39, 0.29) is 16.9 Å². The van der Waals surface area contributed by atoms with Gasteiger partial charge in [-0.15, -0.1) is 0 Å². The van der Waals surface area contributed by atoms with Gasteiger partial charge >= 0.3 is 0 Å². The first-order chi connectivity index (χ1) is 7.20. The van der Waals surface area contributed by atoms with Gasteiger partial charge in [0.1, 0.15) is 17.4 Å². The van der Waals surface area contributed by atoms with Crippen LogP contribution in [0.5, 0.6) is 0 Å². The Morgan fingerprint density at radius 1 is 1.13 bits per heavy atom. The molecule has 1 aliphatic carbocycles. The second-order valence-electron chi connectivity index (χ2n) is 3.12. The average molecular weight is 206 g/mol. The second-order valence-corrected chi connectivity index (χ2v) is 3.12. The third kappa shape index (κ3) is 1.68. The smallest absolute Gasteiger partial charge is 0.135 e. The number of rotatable bonds is 1. The van der Waals surface area contributed by atoms with Gasteiger partial charge in [-0.05, 0) is 24.3 Å². The van der Waals surface area contributed by atoms with E-state index in [1.54, 1.807) is 6.07 Å². The van der Waals surface area contributed by atoms with Gasteiger partial charge < -0.3 is 5.11 Å². The van der Waals surface area contributed by atoms with E-state index < -0.39 is 11.6 Å². The third-order valence-corrected chi connectivity index (χ3v) is 2.15. The maximum atomic E-state index is 13.3. The Hall–Kier alpha value is -1.90. The molecule has 0 saturated heterocycles. The molecule has 0 fully saturated rings. The van der Waals surface area contributed by atoms with Crippen molar-refractivity contribution in [2.45, 2.75) is 0 Å². The zero-order valence-corrected chi connectivity index (χ0v) is 7.74. The molecule has 0 atom stereocenters. The Morgan fingerprint density at radius 2 is 1.87 bits per heavy atom. The third-order valence-electron chi connectivity index (χ3n) is 2.15. The second kappa shape index (κ2) is 3.69. The summed E-state index contributed by atoms with van der Waals surface area (Å²) in [5.41, 5.74) is 0.0164. The van der Waals surface area contributed by atoms with Gasteiger partial charge in [-0.2, -0.15) is 0 Å². The summed E-state index contributed by atoms with van der Waals surface area (Å²) in [6, 6.07) is 5.70. The van der Waals surface area contributed by atoms with Crippen LogP contribution in [0, 0.1) is 5.82 Å². The molecule has 1 nitrogen and oxygen atoms in total. The monoisotopic (exact) mass is 206 g/mol. The molecule has 0 radical (unpaired) electrons. The van der Waals surface area contributed by atoms with Crippen molar-refractivity contribution >= 4 is 5.76 Å². The van der Waals surface area contributed by atoms with Gasteiger partial charge in [0.05, 0.1) is 11.1 Å². The average Bonchev–Trinajstić information content (AvgIpc) is 2.64. The molecule has 3 heteroatoms. The van der Waals surface area contributed by atoms with Crippen molar-refractivity contribution in [3.63, 3.8) is 0 Å². The molecule has 0 amide bonds. The number of benzene rings is 1. The number of hydrogen-bond donors (Lipinski definition) is 1. The standard InChI is InChI=1S/C12H8F2O/c13-10-6-2-1-4-8(10)12(15)9-5-3-7-11(9)14/h1-7,15H. The minimum absolute atomic E-state index is 0.00241. The highest BCUT2D eigenvalue weighted by atomic mass is 19.1. The highest BCUT2D eigenvalue weighted by Crippen LogP contribution is 2.28. The lowest BCUT2D eigenvalue weighted by molar-refractivity contribution is 0.495. The van der Waals surface area contributed by atoms with Gasteiger partial charge in [0, 0.05) is 0 Å². The van der Waals surface area contributed by atoms with Crippen LogP contribution in [0.4, 0.5) is 8.78 Å². The Kier molecular flexibility index (Phi) is 2.37. The maximum Gasteiger partial charge on any atom is 0.135 e. The van der Waals surface area contributed by atoms with Crippen LogP contribution in [0.2, 0.25) is 0 Å². The van der Waals surface area contributed by atoms with Crippen LogP contribution in [0.1, 0.15) is 5.56 Å². The van der Waals surface area contributed by atoms with Crippen molar-refractivity contribution in [2.24, 2.45) is 0 Å². The van der Waals surface area contributed by atoms with Crippen molar-refractivity contribution in [1.29, 1.82) is 0 Å². The number of hydrogen-bond acceptors (Lipinski definition) is 1. The molecule has 1 aliphatic rings. The van der Waals surface area contributed by atoms with E-state index in [1.807, 2.05) is 0 Å². The molecular weight excluding hydrogens is 198 g/mol. The van der Waals surface area contributed by atoms with E-state index in [4.69, 9.17) is 0 Å². The molecule has 0 aliphatic heterocycles. The van der Waals surface area contributed by atoms with E-state index in [0.717, 1.165) is 0 Å². The van der Waals surface area contributed by atoms with E-state index in [1.165, 1.54) is 36.4 Å². The summed E-state index contributed by atoms with van der Waals surface area (Å²) >= 11 is 0. The Bertz CT molecular complexity index is 484. The van der Waals surface area contributed by atoms with Crippen molar-refractivity contribution in [3.8, 4) is 0 Å². The van der Waals surface area contributed by atoms with Gasteiger partial charge in [0.2, 0.25) is 0 Å². The summed E-state index contributed by atoms with van der Waals surface area (Å²) < 4.78 is 26.4. The largest absolute Gasteiger partial charge is 0.506 e. The number of allylic oxidation sites excluding steroid dienone is 5. The predicted octanol–water partition coefficient (Wildman–Crippen LogP) is 3.52. The first-order valence-corrected chi connectivity index (χ1v) is 4.42. The van der Waals surface area contributed by atoms with Crippen LogP contribution < -0.4 is 0 Å². The lowest BCUT2D eigenvalue weighted by Crippen LogP contribution is -1.92. The SMILES string of the molecule is OC(=C1C=CC=C1F)c1ccccc1F. The quantitative estimate of drug-likeness (QED) is 0.697. The summed E-state index contributed by atoms with van der Waals surface area (Å²) in [5.74, 6) is -1.51. The Balaban J connectivity index is 2.54. The summed E-state index contributed by atoms with van der Waals surface area (Å²) in [6.45, 7) is 0.